The van der Waals surface area contributed by atoms with E-state index in [-0.39, 0.29) is 17.9 Å². The molecule has 1 N–H and O–H groups in total. The summed E-state index contributed by atoms with van der Waals surface area (Å²) in [6.07, 6.45) is 5.07. The van der Waals surface area contributed by atoms with Gasteiger partial charge in [0, 0.05) is 31.0 Å². The summed E-state index contributed by atoms with van der Waals surface area (Å²) in [6, 6.07) is 7.64. The van der Waals surface area contributed by atoms with Crippen LogP contribution in [0.4, 0.5) is 0 Å². The van der Waals surface area contributed by atoms with Gasteiger partial charge in [0.25, 0.3) is 0 Å². The molecule has 1 aliphatic carbocycles. The fourth-order valence-corrected chi connectivity index (χ4v) is 3.89. The summed E-state index contributed by atoms with van der Waals surface area (Å²) in [5.41, 5.74) is 0. The van der Waals surface area contributed by atoms with Gasteiger partial charge in [0.15, 0.2) is 0 Å². The molecule has 3 rings (SSSR count). The minimum Gasteiger partial charge on any atom is -0.497 e. The lowest BCUT2D eigenvalue weighted by molar-refractivity contribution is -0.139. The van der Waals surface area contributed by atoms with Gasteiger partial charge >= 0.3 is 0 Å². The molecule has 1 aliphatic heterocycles. The third-order valence-electron chi connectivity index (χ3n) is 5.40. The van der Waals surface area contributed by atoms with Gasteiger partial charge in [-0.3, -0.25) is 4.79 Å². The zero-order valence-corrected chi connectivity index (χ0v) is 15.0. The van der Waals surface area contributed by atoms with Crippen LogP contribution in [-0.4, -0.2) is 48.8 Å². The van der Waals surface area contributed by atoms with Crippen LogP contribution in [0.5, 0.6) is 11.5 Å². The van der Waals surface area contributed by atoms with Gasteiger partial charge in [-0.15, -0.1) is 0 Å². The number of ether oxygens (including phenoxy) is 2. The van der Waals surface area contributed by atoms with E-state index in [0.29, 0.717) is 12.5 Å². The molecule has 2 aliphatic rings. The first-order chi connectivity index (χ1) is 12.2. The van der Waals surface area contributed by atoms with Crippen LogP contribution in [0.1, 0.15) is 38.5 Å². The van der Waals surface area contributed by atoms with Crippen molar-refractivity contribution >= 4 is 5.91 Å². The predicted molar refractivity (Wildman–Crippen MR) is 95.8 cm³/mol. The number of aliphatic hydroxyl groups is 1. The maximum Gasteiger partial charge on any atom is 0.225 e. The predicted octanol–water partition coefficient (Wildman–Crippen LogP) is 2.86. The number of carbonyl (C=O) groups excluding carboxylic acids is 1. The molecule has 5 nitrogen and oxygen atoms in total. The van der Waals surface area contributed by atoms with Crippen LogP contribution >= 0.6 is 0 Å². The highest BCUT2D eigenvalue weighted by molar-refractivity contribution is 5.79. The largest absolute Gasteiger partial charge is 0.497 e. The van der Waals surface area contributed by atoms with Crippen molar-refractivity contribution in [3.63, 3.8) is 0 Å². The molecular formula is C20H29NO4. The Morgan fingerprint density at radius 1 is 1.20 bits per heavy atom. The molecule has 138 valence electrons. The summed E-state index contributed by atoms with van der Waals surface area (Å²) in [5.74, 6) is 2.35. The first kappa shape index (κ1) is 18.1. The Kier molecular flexibility index (Phi) is 6.19. The van der Waals surface area contributed by atoms with Crippen molar-refractivity contribution in [3.05, 3.63) is 24.3 Å². The third-order valence-corrected chi connectivity index (χ3v) is 5.40. The number of amides is 1. The van der Waals surface area contributed by atoms with Gasteiger partial charge < -0.3 is 19.5 Å². The maximum absolute atomic E-state index is 12.8. The van der Waals surface area contributed by atoms with Gasteiger partial charge in [-0.1, -0.05) is 6.07 Å². The van der Waals surface area contributed by atoms with Crippen LogP contribution in [0.2, 0.25) is 0 Å². The molecule has 1 heterocycles. The molecule has 1 saturated heterocycles. The van der Waals surface area contributed by atoms with E-state index in [0.717, 1.165) is 63.1 Å². The highest BCUT2D eigenvalue weighted by Crippen LogP contribution is 2.28. The first-order valence-electron chi connectivity index (χ1n) is 9.39. The molecule has 0 aromatic heterocycles. The Morgan fingerprint density at radius 2 is 1.96 bits per heavy atom. The lowest BCUT2D eigenvalue weighted by atomic mass is 9.85. The molecule has 1 aromatic carbocycles. The number of hydrogen-bond acceptors (Lipinski definition) is 4. The quantitative estimate of drug-likeness (QED) is 0.890. The summed E-state index contributed by atoms with van der Waals surface area (Å²) < 4.78 is 11.1. The molecule has 25 heavy (non-hydrogen) atoms. The Balaban J connectivity index is 1.49. The van der Waals surface area contributed by atoms with Crippen molar-refractivity contribution in [2.24, 2.45) is 11.8 Å². The lowest BCUT2D eigenvalue weighted by Gasteiger charge is -2.36. The second-order valence-electron chi connectivity index (χ2n) is 7.29. The number of benzene rings is 1. The van der Waals surface area contributed by atoms with Crippen molar-refractivity contribution in [1.82, 2.24) is 4.90 Å². The number of carbonyl (C=O) groups is 1. The normalized spacial score (nSPS) is 27.0. The number of aliphatic hydroxyl groups excluding tert-OH is 1. The number of nitrogens with zero attached hydrogens (tertiary/aromatic N) is 1. The number of likely N-dealkylation sites (tertiary alicyclic amines) is 1. The molecular weight excluding hydrogens is 318 g/mol. The number of hydrogen-bond donors (Lipinski definition) is 1. The minimum absolute atomic E-state index is 0.0986. The van der Waals surface area contributed by atoms with E-state index in [9.17, 15) is 9.90 Å². The van der Waals surface area contributed by atoms with Crippen LogP contribution in [0.3, 0.4) is 0 Å². The van der Waals surface area contributed by atoms with Crippen LogP contribution in [0.25, 0.3) is 0 Å². The van der Waals surface area contributed by atoms with Gasteiger partial charge in [-0.2, -0.15) is 0 Å². The summed E-state index contributed by atoms with van der Waals surface area (Å²) in [5, 5.41) is 9.63. The highest BCUT2D eigenvalue weighted by Gasteiger charge is 2.31. The summed E-state index contributed by atoms with van der Waals surface area (Å²) in [4.78, 5) is 14.8. The van der Waals surface area contributed by atoms with Crippen molar-refractivity contribution in [2.45, 2.75) is 44.6 Å². The summed E-state index contributed by atoms with van der Waals surface area (Å²) >= 11 is 0. The molecule has 1 saturated carbocycles. The smallest absolute Gasteiger partial charge is 0.225 e. The van der Waals surface area contributed by atoms with Crippen LogP contribution in [0.15, 0.2) is 24.3 Å². The molecule has 1 aromatic rings. The van der Waals surface area contributed by atoms with E-state index < -0.39 is 0 Å². The average molecular weight is 347 g/mol. The van der Waals surface area contributed by atoms with E-state index in [1.807, 2.05) is 29.2 Å². The molecule has 1 unspecified atom stereocenters. The van der Waals surface area contributed by atoms with Crippen LogP contribution < -0.4 is 9.47 Å². The highest BCUT2D eigenvalue weighted by atomic mass is 16.5. The zero-order chi connectivity index (χ0) is 17.6. The zero-order valence-electron chi connectivity index (χ0n) is 15.0. The molecule has 1 atom stereocenters. The lowest BCUT2D eigenvalue weighted by Crippen LogP contribution is -2.45. The first-order valence-corrected chi connectivity index (χ1v) is 9.39. The van der Waals surface area contributed by atoms with E-state index >= 15 is 0 Å². The van der Waals surface area contributed by atoms with Crippen LogP contribution in [0, 0.1) is 11.8 Å². The Bertz CT molecular complexity index is 569. The average Bonchev–Trinajstić information content (AvgIpc) is 2.67. The minimum atomic E-state index is -0.214. The fourth-order valence-electron chi connectivity index (χ4n) is 3.89. The van der Waals surface area contributed by atoms with E-state index in [1.165, 1.54) is 0 Å². The van der Waals surface area contributed by atoms with Crippen molar-refractivity contribution in [3.8, 4) is 11.5 Å². The van der Waals surface area contributed by atoms with Crippen LogP contribution in [-0.2, 0) is 4.79 Å². The van der Waals surface area contributed by atoms with Crippen molar-refractivity contribution in [2.75, 3.05) is 26.8 Å². The third kappa shape index (κ3) is 4.88. The fraction of sp³-hybridized carbons (Fsp3) is 0.650. The van der Waals surface area contributed by atoms with Gasteiger partial charge in [-0.05, 0) is 50.7 Å². The monoisotopic (exact) mass is 347 g/mol. The number of rotatable bonds is 5. The second-order valence-corrected chi connectivity index (χ2v) is 7.29. The van der Waals surface area contributed by atoms with Crippen molar-refractivity contribution < 1.29 is 19.4 Å². The number of piperidine rings is 1. The van der Waals surface area contributed by atoms with E-state index in [4.69, 9.17) is 9.47 Å². The standard InChI is InChI=1S/C20H29NO4/c1-24-18-5-2-6-19(12-18)25-14-15-4-3-11-21(13-15)20(23)16-7-9-17(22)10-8-16/h2,5-6,12,15-17,22H,3-4,7-11,13-14H2,1H3. The van der Waals surface area contributed by atoms with Gasteiger partial charge in [0.05, 0.1) is 19.8 Å². The molecule has 0 bridgehead atoms. The summed E-state index contributed by atoms with van der Waals surface area (Å²) in [6.45, 7) is 2.26. The van der Waals surface area contributed by atoms with E-state index in [1.54, 1.807) is 7.11 Å². The molecule has 0 spiro atoms. The molecule has 1 amide bonds. The van der Waals surface area contributed by atoms with E-state index in [2.05, 4.69) is 0 Å². The SMILES string of the molecule is COc1cccc(OCC2CCCN(C(=O)C3CCC(O)CC3)C2)c1. The molecule has 0 radical (unpaired) electrons. The summed E-state index contributed by atoms with van der Waals surface area (Å²) in [7, 11) is 1.65. The van der Waals surface area contributed by atoms with Gasteiger partial charge in [0.2, 0.25) is 5.91 Å². The Labute approximate surface area is 149 Å². The Hall–Kier alpha value is -1.75. The molecule has 2 fully saturated rings. The molecule has 5 heteroatoms. The van der Waals surface area contributed by atoms with Gasteiger partial charge in [0.1, 0.15) is 11.5 Å². The van der Waals surface area contributed by atoms with Crippen molar-refractivity contribution in [1.29, 1.82) is 0 Å². The van der Waals surface area contributed by atoms with Gasteiger partial charge in [-0.25, -0.2) is 0 Å². The maximum atomic E-state index is 12.8. The number of methoxy groups -OCH3 is 1. The second kappa shape index (κ2) is 8.56. The Morgan fingerprint density at radius 3 is 2.72 bits per heavy atom. The topological polar surface area (TPSA) is 59.0 Å².